The van der Waals surface area contributed by atoms with Gasteiger partial charge in [-0.1, -0.05) is 17.7 Å². The minimum atomic E-state index is -3.60. The summed E-state index contributed by atoms with van der Waals surface area (Å²) in [6.45, 7) is 3.69. The maximum absolute atomic E-state index is 12.4. The van der Waals surface area contributed by atoms with Gasteiger partial charge in [-0.05, 0) is 51.0 Å². The number of halogens is 1. The zero-order valence-electron chi connectivity index (χ0n) is 14.9. The molecule has 1 aliphatic carbocycles. The van der Waals surface area contributed by atoms with E-state index in [9.17, 15) is 13.2 Å². The van der Waals surface area contributed by atoms with Crippen LogP contribution in [-0.4, -0.2) is 31.5 Å². The number of carbonyl (C=O) groups is 1. The number of amides is 1. The molecule has 3 rings (SSSR count). The molecule has 9 heteroatoms. The normalized spacial score (nSPS) is 14.2. The van der Waals surface area contributed by atoms with Gasteiger partial charge in [0.05, 0.1) is 16.6 Å². The van der Waals surface area contributed by atoms with E-state index >= 15 is 0 Å². The number of nitrogens with zero attached hydrogens (tertiary/aromatic N) is 1. The molecule has 2 N–H and O–H groups in total. The summed E-state index contributed by atoms with van der Waals surface area (Å²) in [6.07, 6.45) is 2.96. The first kappa shape index (κ1) is 19.6. The fourth-order valence-electron chi connectivity index (χ4n) is 2.29. The van der Waals surface area contributed by atoms with E-state index in [1.165, 1.54) is 24.4 Å². The third-order valence-corrected chi connectivity index (χ3v) is 5.51. The molecule has 0 bridgehead atoms. The molecule has 0 unspecified atom stereocenters. The Morgan fingerprint density at radius 2 is 2.04 bits per heavy atom. The summed E-state index contributed by atoms with van der Waals surface area (Å²) >= 11 is 6.10. The molecule has 1 fully saturated rings. The van der Waals surface area contributed by atoms with Gasteiger partial charge in [0.2, 0.25) is 15.9 Å². The van der Waals surface area contributed by atoms with Crippen molar-refractivity contribution in [1.82, 2.24) is 9.71 Å². The zero-order chi connectivity index (χ0) is 19.6. The van der Waals surface area contributed by atoms with Gasteiger partial charge in [-0.25, -0.2) is 18.1 Å². The van der Waals surface area contributed by atoms with Gasteiger partial charge in [0, 0.05) is 17.9 Å². The monoisotopic (exact) mass is 409 g/mol. The fourth-order valence-corrected chi connectivity index (χ4v) is 3.85. The highest BCUT2D eigenvalue weighted by Gasteiger charge is 2.28. The molecule has 1 heterocycles. The van der Waals surface area contributed by atoms with E-state index in [1.807, 2.05) is 13.8 Å². The lowest BCUT2D eigenvalue weighted by Gasteiger charge is -2.11. The van der Waals surface area contributed by atoms with Crippen molar-refractivity contribution in [3.63, 3.8) is 0 Å². The summed E-state index contributed by atoms with van der Waals surface area (Å²) in [4.78, 5) is 16.6. The van der Waals surface area contributed by atoms with Crippen LogP contribution in [0.5, 0.6) is 5.88 Å². The molecule has 1 aromatic heterocycles. The van der Waals surface area contributed by atoms with Crippen LogP contribution < -0.4 is 14.8 Å². The number of anilines is 1. The molecule has 27 heavy (non-hydrogen) atoms. The van der Waals surface area contributed by atoms with Crippen molar-refractivity contribution in [3.8, 4) is 5.88 Å². The SMILES string of the molecule is CC(C)Oc1ncc(C(=O)Nc2cccc(S(=O)(=O)NC3CC3)c2)cc1Cl. The molecule has 1 saturated carbocycles. The van der Waals surface area contributed by atoms with Gasteiger partial charge in [-0.15, -0.1) is 0 Å². The van der Waals surface area contributed by atoms with Crippen molar-refractivity contribution in [1.29, 1.82) is 0 Å². The zero-order valence-corrected chi connectivity index (χ0v) is 16.5. The predicted molar refractivity (Wildman–Crippen MR) is 103 cm³/mol. The van der Waals surface area contributed by atoms with E-state index in [0.717, 1.165) is 12.8 Å². The van der Waals surface area contributed by atoms with Gasteiger partial charge < -0.3 is 10.1 Å². The van der Waals surface area contributed by atoms with E-state index in [0.29, 0.717) is 5.69 Å². The molecule has 0 radical (unpaired) electrons. The first-order valence-corrected chi connectivity index (χ1v) is 10.4. The van der Waals surface area contributed by atoms with Crippen molar-refractivity contribution in [2.75, 3.05) is 5.32 Å². The second-order valence-electron chi connectivity index (χ2n) is 6.56. The van der Waals surface area contributed by atoms with Crippen molar-refractivity contribution >= 4 is 33.2 Å². The van der Waals surface area contributed by atoms with Crippen LogP contribution >= 0.6 is 11.6 Å². The molecule has 2 aromatic rings. The van der Waals surface area contributed by atoms with E-state index in [-0.39, 0.29) is 33.5 Å². The van der Waals surface area contributed by atoms with Crippen LogP contribution in [0.15, 0.2) is 41.4 Å². The van der Waals surface area contributed by atoms with Crippen molar-refractivity contribution in [3.05, 3.63) is 47.1 Å². The Bertz CT molecular complexity index is 959. The molecule has 7 nitrogen and oxygen atoms in total. The Hall–Kier alpha value is -2.16. The Balaban J connectivity index is 1.74. The highest BCUT2D eigenvalue weighted by Crippen LogP contribution is 2.25. The molecule has 1 amide bonds. The number of ether oxygens (including phenoxy) is 1. The summed E-state index contributed by atoms with van der Waals surface area (Å²) in [5, 5.41) is 2.88. The van der Waals surface area contributed by atoms with Crippen LogP contribution in [0.2, 0.25) is 5.02 Å². The number of carbonyl (C=O) groups excluding carboxylic acids is 1. The van der Waals surface area contributed by atoms with Gasteiger partial charge in [0.15, 0.2) is 0 Å². The van der Waals surface area contributed by atoms with Crippen LogP contribution in [-0.2, 0) is 10.0 Å². The van der Waals surface area contributed by atoms with Gasteiger partial charge in [0.1, 0.15) is 5.02 Å². The maximum Gasteiger partial charge on any atom is 0.257 e. The molecule has 144 valence electrons. The fraction of sp³-hybridized carbons (Fsp3) is 0.333. The topological polar surface area (TPSA) is 97.4 Å². The third kappa shape index (κ3) is 5.18. The third-order valence-electron chi connectivity index (χ3n) is 3.72. The highest BCUT2D eigenvalue weighted by molar-refractivity contribution is 7.89. The first-order chi connectivity index (χ1) is 12.7. The number of aromatic nitrogens is 1. The average molecular weight is 410 g/mol. The second kappa shape index (κ2) is 7.84. The molecular weight excluding hydrogens is 390 g/mol. The number of hydrogen-bond donors (Lipinski definition) is 2. The molecular formula is C18H20ClN3O4S. The Morgan fingerprint density at radius 3 is 2.67 bits per heavy atom. The molecule has 0 spiro atoms. The van der Waals surface area contributed by atoms with E-state index in [2.05, 4.69) is 15.0 Å². The van der Waals surface area contributed by atoms with Crippen LogP contribution in [0, 0.1) is 0 Å². The molecule has 1 aliphatic rings. The van der Waals surface area contributed by atoms with Crippen molar-refractivity contribution < 1.29 is 17.9 Å². The summed E-state index contributed by atoms with van der Waals surface area (Å²) in [7, 11) is -3.60. The Morgan fingerprint density at radius 1 is 1.30 bits per heavy atom. The van der Waals surface area contributed by atoms with E-state index in [4.69, 9.17) is 16.3 Å². The maximum atomic E-state index is 12.4. The number of nitrogens with one attached hydrogen (secondary N) is 2. The lowest BCUT2D eigenvalue weighted by Crippen LogP contribution is -2.25. The lowest BCUT2D eigenvalue weighted by atomic mass is 10.2. The predicted octanol–water partition coefficient (Wildman–Crippen LogP) is 3.22. The van der Waals surface area contributed by atoms with Crippen LogP contribution in [0.3, 0.4) is 0 Å². The standard InChI is InChI=1S/C18H20ClN3O4S/c1-11(2)26-18-16(19)8-12(10-20-18)17(23)21-14-4-3-5-15(9-14)27(24,25)22-13-6-7-13/h3-5,8-11,13,22H,6-7H2,1-2H3,(H,21,23). The van der Waals surface area contributed by atoms with Gasteiger partial charge in [0.25, 0.3) is 5.91 Å². The number of pyridine rings is 1. The number of hydrogen-bond acceptors (Lipinski definition) is 5. The summed E-state index contributed by atoms with van der Waals surface area (Å²) in [5.74, 6) is -0.201. The van der Waals surface area contributed by atoms with Crippen LogP contribution in [0.4, 0.5) is 5.69 Å². The largest absolute Gasteiger partial charge is 0.474 e. The van der Waals surface area contributed by atoms with Crippen molar-refractivity contribution in [2.45, 2.75) is 43.7 Å². The highest BCUT2D eigenvalue weighted by atomic mass is 35.5. The average Bonchev–Trinajstić information content (AvgIpc) is 3.40. The number of sulfonamides is 1. The molecule has 0 saturated heterocycles. The van der Waals surface area contributed by atoms with E-state index in [1.54, 1.807) is 12.1 Å². The minimum absolute atomic E-state index is 0.00744. The van der Waals surface area contributed by atoms with Gasteiger partial charge >= 0.3 is 0 Å². The van der Waals surface area contributed by atoms with Gasteiger partial charge in [-0.2, -0.15) is 0 Å². The first-order valence-electron chi connectivity index (χ1n) is 8.50. The van der Waals surface area contributed by atoms with Crippen LogP contribution in [0.25, 0.3) is 0 Å². The molecule has 0 aliphatic heterocycles. The Labute approximate surface area is 163 Å². The summed E-state index contributed by atoms with van der Waals surface area (Å²) in [5.41, 5.74) is 0.595. The Kier molecular flexibility index (Phi) is 5.69. The van der Waals surface area contributed by atoms with Gasteiger partial charge in [-0.3, -0.25) is 4.79 Å². The molecule has 1 aromatic carbocycles. The smallest absolute Gasteiger partial charge is 0.257 e. The van der Waals surface area contributed by atoms with Crippen molar-refractivity contribution in [2.24, 2.45) is 0 Å². The summed E-state index contributed by atoms with van der Waals surface area (Å²) in [6, 6.07) is 7.54. The second-order valence-corrected chi connectivity index (χ2v) is 8.68. The quantitative estimate of drug-likeness (QED) is 0.731. The number of rotatable bonds is 7. The summed E-state index contributed by atoms with van der Waals surface area (Å²) < 4.78 is 32.6. The molecule has 0 atom stereocenters. The minimum Gasteiger partial charge on any atom is -0.474 e. The lowest BCUT2D eigenvalue weighted by molar-refractivity contribution is 0.102. The van der Waals surface area contributed by atoms with Crippen LogP contribution in [0.1, 0.15) is 37.0 Å². The number of benzene rings is 1. The van der Waals surface area contributed by atoms with E-state index < -0.39 is 15.9 Å².